The van der Waals surface area contributed by atoms with Gasteiger partial charge in [-0.3, -0.25) is 0 Å². The van der Waals surface area contributed by atoms with E-state index in [1.165, 1.54) is 30.4 Å². The average molecular weight is 359 g/mol. The van der Waals surface area contributed by atoms with Crippen LogP contribution >= 0.6 is 27.5 Å². The van der Waals surface area contributed by atoms with Gasteiger partial charge < -0.3 is 10.1 Å². The van der Waals surface area contributed by atoms with Gasteiger partial charge in [0.1, 0.15) is 5.75 Å². The Morgan fingerprint density at radius 1 is 1.30 bits per heavy atom. The third-order valence-corrected chi connectivity index (χ3v) is 5.42. The summed E-state index contributed by atoms with van der Waals surface area (Å²) in [6, 6.07) is 4.34. The fraction of sp³-hybridized carbons (Fsp3) is 0.625. The van der Waals surface area contributed by atoms with Crippen molar-refractivity contribution in [2.45, 2.75) is 32.2 Å². The third kappa shape index (κ3) is 3.15. The van der Waals surface area contributed by atoms with Crippen LogP contribution in [0, 0.1) is 11.8 Å². The molecule has 1 fully saturated rings. The molecule has 2 unspecified atom stereocenters. The highest BCUT2D eigenvalue weighted by Crippen LogP contribution is 2.34. The van der Waals surface area contributed by atoms with Gasteiger partial charge in [0.05, 0.1) is 6.61 Å². The van der Waals surface area contributed by atoms with Crippen LogP contribution in [0.2, 0.25) is 0 Å². The summed E-state index contributed by atoms with van der Waals surface area (Å²) in [6.45, 7) is 2.77. The fourth-order valence-corrected chi connectivity index (χ4v) is 4.41. The average Bonchev–Trinajstić information content (AvgIpc) is 3.06. The summed E-state index contributed by atoms with van der Waals surface area (Å²) in [5, 5.41) is 3.61. The molecule has 3 rings (SSSR count). The van der Waals surface area contributed by atoms with Gasteiger partial charge in [-0.2, -0.15) is 0 Å². The van der Waals surface area contributed by atoms with Crippen LogP contribution in [-0.4, -0.2) is 19.0 Å². The van der Waals surface area contributed by atoms with Crippen molar-refractivity contribution in [1.82, 2.24) is 5.32 Å². The number of hydrogen-bond acceptors (Lipinski definition) is 2. The van der Waals surface area contributed by atoms with Crippen molar-refractivity contribution in [3.05, 3.63) is 27.7 Å². The minimum Gasteiger partial charge on any atom is -0.493 e. The van der Waals surface area contributed by atoms with Gasteiger partial charge in [-0.15, -0.1) is 11.6 Å². The molecule has 0 bridgehead atoms. The highest BCUT2D eigenvalue weighted by molar-refractivity contribution is 9.10. The van der Waals surface area contributed by atoms with Crippen LogP contribution in [0.4, 0.5) is 0 Å². The third-order valence-electron chi connectivity index (χ3n) is 4.56. The van der Waals surface area contributed by atoms with Gasteiger partial charge in [-0.05, 0) is 48.9 Å². The normalized spacial score (nSPS) is 24.7. The van der Waals surface area contributed by atoms with Crippen molar-refractivity contribution in [3.8, 4) is 5.75 Å². The molecule has 4 heteroatoms. The van der Waals surface area contributed by atoms with Gasteiger partial charge in [0.2, 0.25) is 0 Å². The molecule has 0 amide bonds. The zero-order valence-electron chi connectivity index (χ0n) is 11.6. The molecular weight excluding hydrogens is 338 g/mol. The topological polar surface area (TPSA) is 21.3 Å². The first-order valence-electron chi connectivity index (χ1n) is 7.48. The van der Waals surface area contributed by atoms with E-state index in [2.05, 4.69) is 33.4 Å². The van der Waals surface area contributed by atoms with Gasteiger partial charge in [0, 0.05) is 28.9 Å². The summed E-state index contributed by atoms with van der Waals surface area (Å²) in [4.78, 5) is 0. The van der Waals surface area contributed by atoms with E-state index in [0.717, 1.165) is 48.1 Å². The number of fused-ring (bicyclic) bond motifs is 1. The Morgan fingerprint density at radius 3 is 3.00 bits per heavy atom. The molecule has 2 nitrogen and oxygen atoms in total. The molecule has 1 aliphatic heterocycles. The zero-order chi connectivity index (χ0) is 13.9. The molecule has 2 aliphatic rings. The summed E-state index contributed by atoms with van der Waals surface area (Å²) in [7, 11) is 0. The molecule has 0 saturated heterocycles. The minimum atomic E-state index is 0.702. The van der Waals surface area contributed by atoms with E-state index in [-0.39, 0.29) is 0 Å². The van der Waals surface area contributed by atoms with E-state index in [0.29, 0.717) is 5.92 Å². The summed E-state index contributed by atoms with van der Waals surface area (Å²) in [6.07, 6.45) is 4.97. The largest absolute Gasteiger partial charge is 0.493 e. The molecule has 0 aromatic heterocycles. The summed E-state index contributed by atoms with van der Waals surface area (Å²) < 4.78 is 6.92. The number of hydrogen-bond donors (Lipinski definition) is 1. The molecule has 0 spiro atoms. The Morgan fingerprint density at radius 2 is 2.15 bits per heavy atom. The van der Waals surface area contributed by atoms with E-state index in [9.17, 15) is 0 Å². The monoisotopic (exact) mass is 357 g/mol. The van der Waals surface area contributed by atoms with Crippen LogP contribution in [0.3, 0.4) is 0 Å². The van der Waals surface area contributed by atoms with Crippen molar-refractivity contribution in [2.24, 2.45) is 11.8 Å². The quantitative estimate of drug-likeness (QED) is 0.799. The highest BCUT2D eigenvalue weighted by Gasteiger charge is 2.26. The second kappa shape index (κ2) is 6.67. The van der Waals surface area contributed by atoms with Gasteiger partial charge in [-0.25, -0.2) is 0 Å². The smallest absolute Gasteiger partial charge is 0.127 e. The maximum absolute atomic E-state index is 6.04. The van der Waals surface area contributed by atoms with Crippen molar-refractivity contribution in [1.29, 1.82) is 0 Å². The van der Waals surface area contributed by atoms with Gasteiger partial charge >= 0.3 is 0 Å². The second-order valence-electron chi connectivity index (χ2n) is 5.89. The molecule has 0 radical (unpaired) electrons. The van der Waals surface area contributed by atoms with Crippen LogP contribution in [0.15, 0.2) is 16.6 Å². The van der Waals surface area contributed by atoms with Crippen LogP contribution in [-0.2, 0) is 13.0 Å². The van der Waals surface area contributed by atoms with Crippen molar-refractivity contribution in [2.75, 3.05) is 19.0 Å². The zero-order valence-corrected chi connectivity index (χ0v) is 14.0. The molecular formula is C16H21BrClNO. The number of ether oxygens (including phenoxy) is 1. The van der Waals surface area contributed by atoms with E-state index < -0.39 is 0 Å². The predicted molar refractivity (Wildman–Crippen MR) is 86.6 cm³/mol. The van der Waals surface area contributed by atoms with Gasteiger partial charge in [0.25, 0.3) is 0 Å². The molecule has 20 heavy (non-hydrogen) atoms. The van der Waals surface area contributed by atoms with Crippen LogP contribution in [0.25, 0.3) is 0 Å². The number of nitrogens with one attached hydrogen (secondary N) is 1. The Bertz CT molecular complexity index is 480. The van der Waals surface area contributed by atoms with E-state index in [1.54, 1.807) is 0 Å². The molecule has 110 valence electrons. The first-order chi connectivity index (χ1) is 9.78. The molecule has 1 saturated carbocycles. The van der Waals surface area contributed by atoms with Crippen molar-refractivity contribution in [3.63, 3.8) is 0 Å². The van der Waals surface area contributed by atoms with Crippen LogP contribution < -0.4 is 10.1 Å². The standard InChI is InChI=1S/C16H21BrClNO/c17-15-6-11-4-5-20-16(11)14(7-15)10-19-9-13-3-1-2-12(13)8-18/h6-7,12-13,19H,1-5,8-10H2. The molecule has 1 aromatic carbocycles. The molecule has 1 N–H and O–H groups in total. The Labute approximate surface area is 134 Å². The minimum absolute atomic E-state index is 0.702. The van der Waals surface area contributed by atoms with Gasteiger partial charge in [0.15, 0.2) is 0 Å². The molecule has 1 aromatic rings. The Hall–Kier alpha value is -0.250. The number of halogens is 2. The number of alkyl halides is 1. The van der Waals surface area contributed by atoms with Crippen LogP contribution in [0.5, 0.6) is 5.75 Å². The van der Waals surface area contributed by atoms with Gasteiger partial charge in [-0.1, -0.05) is 22.4 Å². The fourth-order valence-electron chi connectivity index (χ4n) is 3.46. The molecule has 1 heterocycles. The lowest BCUT2D eigenvalue weighted by atomic mass is 9.98. The lowest BCUT2D eigenvalue weighted by molar-refractivity contribution is 0.350. The molecule has 1 aliphatic carbocycles. The van der Waals surface area contributed by atoms with Crippen molar-refractivity contribution >= 4 is 27.5 Å². The highest BCUT2D eigenvalue weighted by atomic mass is 79.9. The van der Waals surface area contributed by atoms with E-state index in [4.69, 9.17) is 16.3 Å². The summed E-state index contributed by atoms with van der Waals surface area (Å²) in [5.41, 5.74) is 2.60. The molecule has 2 atom stereocenters. The number of benzene rings is 1. The number of rotatable bonds is 5. The Balaban J connectivity index is 1.59. The van der Waals surface area contributed by atoms with Crippen molar-refractivity contribution < 1.29 is 4.74 Å². The maximum Gasteiger partial charge on any atom is 0.127 e. The predicted octanol–water partition coefficient (Wildman–Crippen LogP) is 4.13. The lowest BCUT2D eigenvalue weighted by Crippen LogP contribution is -2.25. The first kappa shape index (κ1) is 14.7. The van der Waals surface area contributed by atoms with E-state index in [1.807, 2.05) is 0 Å². The second-order valence-corrected chi connectivity index (χ2v) is 7.11. The van der Waals surface area contributed by atoms with Crippen LogP contribution in [0.1, 0.15) is 30.4 Å². The summed E-state index contributed by atoms with van der Waals surface area (Å²) >= 11 is 9.64. The van der Waals surface area contributed by atoms with E-state index >= 15 is 0 Å². The Kier molecular flexibility index (Phi) is 4.90. The first-order valence-corrected chi connectivity index (χ1v) is 8.81. The maximum atomic E-state index is 6.04. The summed E-state index contributed by atoms with van der Waals surface area (Å²) in [5.74, 6) is 3.35. The lowest BCUT2D eigenvalue weighted by Gasteiger charge is -2.18. The SMILES string of the molecule is ClCC1CCCC1CNCc1cc(Br)cc2c1OCC2.